The van der Waals surface area contributed by atoms with Gasteiger partial charge in [0.1, 0.15) is 5.82 Å². The molecule has 0 spiro atoms. The largest absolute Gasteiger partial charge is 0.357 e. The molecule has 2 heterocycles. The molecule has 1 fully saturated rings. The van der Waals surface area contributed by atoms with Crippen molar-refractivity contribution < 1.29 is 0 Å². The minimum absolute atomic E-state index is 0.427. The number of aliphatic imine (C=N–C) groups is 1. The minimum Gasteiger partial charge on any atom is -0.357 e. The Balaban J connectivity index is 1.39. The van der Waals surface area contributed by atoms with Crippen molar-refractivity contribution in [3.8, 4) is 0 Å². The van der Waals surface area contributed by atoms with Crippen molar-refractivity contribution in [1.29, 1.82) is 0 Å². The van der Waals surface area contributed by atoms with Crippen LogP contribution in [-0.2, 0) is 6.54 Å². The maximum absolute atomic E-state index is 4.89. The number of nitrogens with one attached hydrogen (secondary N) is 2. The van der Waals surface area contributed by atoms with Crippen LogP contribution in [0.2, 0.25) is 0 Å². The Hall–Kier alpha value is -3.08. The number of nitrogens with zero attached hydrogens (tertiary/aromatic N) is 3. The van der Waals surface area contributed by atoms with E-state index in [0.29, 0.717) is 12.6 Å². The number of benzene rings is 2. The molecule has 5 heteroatoms. The molecular formula is C25H31N5. The molecule has 1 aliphatic rings. The van der Waals surface area contributed by atoms with Gasteiger partial charge in [-0.3, -0.25) is 0 Å². The van der Waals surface area contributed by atoms with E-state index in [9.17, 15) is 0 Å². The molecule has 5 nitrogen and oxygen atoms in total. The molecule has 0 bridgehead atoms. The first-order valence-electron chi connectivity index (χ1n) is 10.9. The zero-order valence-corrected chi connectivity index (χ0v) is 17.9. The van der Waals surface area contributed by atoms with Gasteiger partial charge in [-0.05, 0) is 55.2 Å². The summed E-state index contributed by atoms with van der Waals surface area (Å²) in [6.07, 6.45) is 2.16. The first-order valence-corrected chi connectivity index (χ1v) is 10.9. The smallest absolute Gasteiger partial charge is 0.191 e. The number of pyridine rings is 1. The van der Waals surface area contributed by atoms with E-state index in [2.05, 4.69) is 82.0 Å². The molecule has 156 valence electrons. The molecule has 3 aromatic rings. The van der Waals surface area contributed by atoms with Crippen LogP contribution in [0.4, 0.5) is 5.82 Å². The third-order valence-electron chi connectivity index (χ3n) is 5.67. The molecule has 0 unspecified atom stereocenters. The van der Waals surface area contributed by atoms with Crippen molar-refractivity contribution >= 4 is 22.5 Å². The van der Waals surface area contributed by atoms with Crippen molar-refractivity contribution in [2.24, 2.45) is 4.99 Å². The lowest BCUT2D eigenvalue weighted by Crippen LogP contribution is -2.48. The predicted molar refractivity (Wildman–Crippen MR) is 126 cm³/mol. The molecule has 4 rings (SSSR count). The molecule has 0 aliphatic carbocycles. The lowest BCUT2D eigenvalue weighted by molar-refractivity contribution is 0.459. The number of aromatic nitrogens is 1. The Kier molecular flexibility index (Phi) is 6.47. The minimum atomic E-state index is 0.427. The zero-order chi connectivity index (χ0) is 20.8. The molecule has 1 aliphatic heterocycles. The summed E-state index contributed by atoms with van der Waals surface area (Å²) in [4.78, 5) is 11.9. The number of aryl methyl sites for hydroxylation is 1. The van der Waals surface area contributed by atoms with Crippen molar-refractivity contribution in [2.45, 2.75) is 39.3 Å². The van der Waals surface area contributed by atoms with Crippen molar-refractivity contribution in [3.05, 3.63) is 71.9 Å². The van der Waals surface area contributed by atoms with Crippen molar-refractivity contribution in [3.63, 3.8) is 0 Å². The van der Waals surface area contributed by atoms with Crippen molar-refractivity contribution in [2.75, 3.05) is 24.5 Å². The maximum Gasteiger partial charge on any atom is 0.191 e. The molecule has 0 saturated carbocycles. The Morgan fingerprint density at radius 3 is 2.60 bits per heavy atom. The van der Waals surface area contributed by atoms with Gasteiger partial charge in [-0.15, -0.1) is 0 Å². The zero-order valence-electron chi connectivity index (χ0n) is 17.9. The Morgan fingerprint density at radius 2 is 1.80 bits per heavy atom. The van der Waals surface area contributed by atoms with Crippen LogP contribution in [0.15, 0.2) is 65.7 Å². The van der Waals surface area contributed by atoms with Gasteiger partial charge in [0.2, 0.25) is 0 Å². The molecule has 0 atom stereocenters. The molecule has 0 amide bonds. The van der Waals surface area contributed by atoms with Crippen LogP contribution in [0.3, 0.4) is 0 Å². The van der Waals surface area contributed by atoms with Gasteiger partial charge in [-0.25, -0.2) is 9.98 Å². The summed E-state index contributed by atoms with van der Waals surface area (Å²) in [5, 5.41) is 9.60. The van der Waals surface area contributed by atoms with Crippen LogP contribution in [0.1, 0.15) is 31.0 Å². The number of fused-ring (bicyclic) bond motifs is 1. The summed E-state index contributed by atoms with van der Waals surface area (Å²) < 4.78 is 0. The van der Waals surface area contributed by atoms with E-state index in [1.807, 2.05) is 13.0 Å². The predicted octanol–water partition coefficient (Wildman–Crippen LogP) is 4.27. The van der Waals surface area contributed by atoms with Crippen LogP contribution in [0, 0.1) is 6.92 Å². The van der Waals surface area contributed by atoms with E-state index in [4.69, 9.17) is 4.99 Å². The monoisotopic (exact) mass is 401 g/mol. The number of rotatable bonds is 5. The van der Waals surface area contributed by atoms with E-state index in [0.717, 1.165) is 49.9 Å². The van der Waals surface area contributed by atoms with Gasteiger partial charge in [0.25, 0.3) is 0 Å². The summed E-state index contributed by atoms with van der Waals surface area (Å²) in [6.45, 7) is 7.71. The second-order valence-electron chi connectivity index (χ2n) is 7.88. The van der Waals surface area contributed by atoms with Crippen LogP contribution >= 0.6 is 0 Å². The van der Waals surface area contributed by atoms with Gasteiger partial charge in [-0.1, -0.05) is 48.5 Å². The Labute approximate surface area is 179 Å². The van der Waals surface area contributed by atoms with Gasteiger partial charge in [0, 0.05) is 31.4 Å². The quantitative estimate of drug-likeness (QED) is 0.495. The summed E-state index contributed by atoms with van der Waals surface area (Å²) in [5.74, 6) is 1.99. The normalized spacial score (nSPS) is 15.4. The number of guanidine groups is 1. The third kappa shape index (κ3) is 4.90. The number of hydrogen-bond donors (Lipinski definition) is 2. The summed E-state index contributed by atoms with van der Waals surface area (Å²) in [7, 11) is 0. The van der Waals surface area contributed by atoms with Gasteiger partial charge in [-0.2, -0.15) is 0 Å². The van der Waals surface area contributed by atoms with E-state index < -0.39 is 0 Å². The molecule has 1 aromatic heterocycles. The molecule has 2 N–H and O–H groups in total. The van der Waals surface area contributed by atoms with Crippen LogP contribution in [-0.4, -0.2) is 36.6 Å². The van der Waals surface area contributed by atoms with Crippen LogP contribution < -0.4 is 15.5 Å². The highest BCUT2D eigenvalue weighted by Crippen LogP contribution is 2.20. The number of anilines is 1. The average molecular weight is 402 g/mol. The van der Waals surface area contributed by atoms with Crippen LogP contribution in [0.5, 0.6) is 0 Å². The molecule has 30 heavy (non-hydrogen) atoms. The van der Waals surface area contributed by atoms with Crippen LogP contribution in [0.25, 0.3) is 10.8 Å². The number of piperidine rings is 1. The first kappa shape index (κ1) is 20.2. The Bertz CT molecular complexity index is 1000. The molecular weight excluding hydrogens is 370 g/mol. The lowest BCUT2D eigenvalue weighted by Gasteiger charge is -2.34. The van der Waals surface area contributed by atoms with Gasteiger partial charge < -0.3 is 15.5 Å². The third-order valence-corrected chi connectivity index (χ3v) is 5.67. The highest BCUT2D eigenvalue weighted by Gasteiger charge is 2.21. The maximum atomic E-state index is 4.89. The standard InChI is InChI=1S/C25H31N5/c1-3-26-25(27-18-21-11-7-10-20-9-4-5-12-23(20)21)29-22-14-16-30(17-15-22)24-13-6-8-19(2)28-24/h4-13,22H,3,14-18H2,1-2H3,(H2,26,27,29). The van der Waals surface area contributed by atoms with Gasteiger partial charge in [0.05, 0.1) is 6.54 Å². The van der Waals surface area contributed by atoms with E-state index in [-0.39, 0.29) is 0 Å². The lowest BCUT2D eigenvalue weighted by atomic mass is 10.0. The molecule has 2 aromatic carbocycles. The summed E-state index contributed by atoms with van der Waals surface area (Å²) in [6, 6.07) is 21.6. The highest BCUT2D eigenvalue weighted by atomic mass is 15.2. The highest BCUT2D eigenvalue weighted by molar-refractivity contribution is 5.86. The summed E-state index contributed by atoms with van der Waals surface area (Å²) >= 11 is 0. The molecule has 1 saturated heterocycles. The van der Waals surface area contributed by atoms with Gasteiger partial charge >= 0.3 is 0 Å². The fourth-order valence-corrected chi connectivity index (χ4v) is 4.07. The molecule has 0 radical (unpaired) electrons. The van der Waals surface area contributed by atoms with Gasteiger partial charge in [0.15, 0.2) is 5.96 Å². The summed E-state index contributed by atoms with van der Waals surface area (Å²) in [5.41, 5.74) is 2.33. The Morgan fingerprint density at radius 1 is 1.03 bits per heavy atom. The topological polar surface area (TPSA) is 52.6 Å². The average Bonchev–Trinajstić information content (AvgIpc) is 2.78. The second kappa shape index (κ2) is 9.61. The fraction of sp³-hybridized carbons (Fsp3) is 0.360. The van der Waals surface area contributed by atoms with E-state index in [1.165, 1.54) is 16.3 Å². The SMILES string of the molecule is CCNC(=NCc1cccc2ccccc12)NC1CCN(c2cccc(C)n2)CC1. The fourth-order valence-electron chi connectivity index (χ4n) is 4.07. The van der Waals surface area contributed by atoms with E-state index in [1.54, 1.807) is 0 Å². The first-order chi connectivity index (χ1) is 14.7. The number of hydrogen-bond acceptors (Lipinski definition) is 3. The van der Waals surface area contributed by atoms with E-state index >= 15 is 0 Å². The second-order valence-corrected chi connectivity index (χ2v) is 7.88. The van der Waals surface area contributed by atoms with Crippen molar-refractivity contribution in [1.82, 2.24) is 15.6 Å².